The number of para-hydroxylation sites is 1. The van der Waals surface area contributed by atoms with Crippen molar-refractivity contribution in [2.24, 2.45) is 17.4 Å². The number of hydrogen-bond acceptors (Lipinski definition) is 6. The Balaban J connectivity index is 2.25. The fraction of sp³-hybridized carbons (Fsp3) is 0.538. The van der Waals surface area contributed by atoms with Gasteiger partial charge in [0.25, 0.3) is 0 Å². The zero-order chi connectivity index (χ0) is 27.5. The Kier molecular flexibility index (Phi) is 11.5. The molecule has 0 bridgehead atoms. The summed E-state index contributed by atoms with van der Waals surface area (Å²) in [5, 5.41) is 18.0. The average molecular weight is 517 g/mol. The topological polar surface area (TPSA) is 192 Å². The Morgan fingerprint density at radius 3 is 2.24 bits per heavy atom. The lowest BCUT2D eigenvalue weighted by molar-refractivity contribution is -0.141. The number of nitrogens with one attached hydrogen (secondary N) is 4. The Morgan fingerprint density at radius 2 is 1.59 bits per heavy atom. The first-order valence-corrected chi connectivity index (χ1v) is 12.7. The third-order valence-electron chi connectivity index (χ3n) is 6.11. The number of hydrogen-bond donors (Lipinski definition) is 7. The molecular weight excluding hydrogens is 476 g/mol. The van der Waals surface area contributed by atoms with Crippen LogP contribution in [0.5, 0.6) is 0 Å². The maximum atomic E-state index is 13.5. The van der Waals surface area contributed by atoms with Crippen molar-refractivity contribution in [3.05, 3.63) is 36.0 Å². The molecule has 9 N–H and O–H groups in total. The lowest BCUT2D eigenvalue weighted by Gasteiger charge is -2.25. The first kappa shape index (κ1) is 29.8. The highest BCUT2D eigenvalue weighted by Gasteiger charge is 2.30. The molecule has 0 saturated carbocycles. The number of carboxylic acid groups (broad SMARTS) is 1. The minimum atomic E-state index is -1.18. The van der Waals surface area contributed by atoms with Gasteiger partial charge < -0.3 is 37.5 Å². The molecule has 11 nitrogen and oxygen atoms in total. The highest BCUT2D eigenvalue weighted by molar-refractivity contribution is 5.94. The van der Waals surface area contributed by atoms with E-state index in [1.54, 1.807) is 6.20 Å². The van der Waals surface area contributed by atoms with E-state index < -0.39 is 47.9 Å². The fourth-order valence-corrected chi connectivity index (χ4v) is 4.00. The predicted molar refractivity (Wildman–Crippen MR) is 141 cm³/mol. The number of amides is 3. The number of benzene rings is 1. The van der Waals surface area contributed by atoms with Crippen molar-refractivity contribution in [2.75, 3.05) is 6.54 Å². The normalized spacial score (nSPS) is 14.5. The summed E-state index contributed by atoms with van der Waals surface area (Å²) in [4.78, 5) is 53.5. The molecule has 0 aliphatic heterocycles. The summed E-state index contributed by atoms with van der Waals surface area (Å²) in [6, 6.07) is 3.69. The van der Waals surface area contributed by atoms with Crippen LogP contribution in [0, 0.1) is 5.92 Å². The Labute approximate surface area is 217 Å². The second-order valence-electron chi connectivity index (χ2n) is 9.77. The van der Waals surface area contributed by atoms with Crippen LogP contribution < -0.4 is 27.4 Å². The summed E-state index contributed by atoms with van der Waals surface area (Å²) in [6.07, 6.45) is 4.08. The van der Waals surface area contributed by atoms with Gasteiger partial charge in [0.2, 0.25) is 17.7 Å². The molecule has 3 amide bonds. The van der Waals surface area contributed by atoms with E-state index in [1.165, 1.54) is 6.92 Å². The number of nitrogens with two attached hydrogens (primary N) is 2. The first-order valence-electron chi connectivity index (χ1n) is 12.7. The molecule has 0 fully saturated rings. The summed E-state index contributed by atoms with van der Waals surface area (Å²) in [5.74, 6) is -2.78. The van der Waals surface area contributed by atoms with Crippen LogP contribution in [0.1, 0.15) is 52.0 Å². The average Bonchev–Trinajstić information content (AvgIpc) is 3.25. The molecular formula is C26H40N6O5. The van der Waals surface area contributed by atoms with Crippen molar-refractivity contribution in [3.8, 4) is 0 Å². The molecule has 1 aromatic heterocycles. The van der Waals surface area contributed by atoms with Gasteiger partial charge in [-0.3, -0.25) is 19.2 Å². The van der Waals surface area contributed by atoms with Gasteiger partial charge in [0.1, 0.15) is 18.1 Å². The second-order valence-corrected chi connectivity index (χ2v) is 9.77. The fourth-order valence-electron chi connectivity index (χ4n) is 4.00. The van der Waals surface area contributed by atoms with E-state index in [1.807, 2.05) is 38.1 Å². The van der Waals surface area contributed by atoms with Gasteiger partial charge in [0.15, 0.2) is 0 Å². The van der Waals surface area contributed by atoms with Gasteiger partial charge in [0, 0.05) is 23.5 Å². The highest BCUT2D eigenvalue weighted by Crippen LogP contribution is 2.19. The molecule has 4 unspecified atom stereocenters. The maximum absolute atomic E-state index is 13.5. The molecule has 0 aliphatic carbocycles. The lowest BCUT2D eigenvalue weighted by atomic mass is 10.00. The standard InChI is InChI=1S/C26H40N6O5/c1-15(2)12-21(24(34)30-16(3)26(36)37)32-25(35)22(31-23(33)19(28)9-6-7-11-27)13-17-14-29-20-10-5-4-8-18(17)20/h4-5,8,10,14-16,19,21-22,29H,6-7,9,11-13,27-28H2,1-3H3,(H,30,34)(H,31,33)(H,32,35)(H,36,37). The smallest absolute Gasteiger partial charge is 0.325 e. The summed E-state index contributed by atoms with van der Waals surface area (Å²) in [5.41, 5.74) is 13.3. The van der Waals surface area contributed by atoms with E-state index in [2.05, 4.69) is 20.9 Å². The van der Waals surface area contributed by atoms with Crippen LogP contribution in [0.4, 0.5) is 0 Å². The van der Waals surface area contributed by atoms with Gasteiger partial charge in [-0.05, 0) is 50.3 Å². The monoisotopic (exact) mass is 516 g/mol. The number of fused-ring (bicyclic) bond motifs is 1. The molecule has 0 radical (unpaired) electrons. The zero-order valence-corrected chi connectivity index (χ0v) is 21.8. The van der Waals surface area contributed by atoms with Gasteiger partial charge in [-0.1, -0.05) is 38.5 Å². The molecule has 1 heterocycles. The number of H-pyrrole nitrogens is 1. The van der Waals surface area contributed by atoms with E-state index in [4.69, 9.17) is 16.6 Å². The van der Waals surface area contributed by atoms with E-state index in [9.17, 15) is 19.2 Å². The number of unbranched alkanes of at least 4 members (excludes halogenated alkanes) is 1. The SMILES string of the molecule is CC(C)CC(NC(=O)C(Cc1c[nH]c2ccccc12)NC(=O)C(N)CCCCN)C(=O)NC(C)C(=O)O. The van der Waals surface area contributed by atoms with Gasteiger partial charge in [-0.15, -0.1) is 0 Å². The number of aliphatic carboxylic acids is 1. The first-order chi connectivity index (χ1) is 17.5. The van der Waals surface area contributed by atoms with Crippen molar-refractivity contribution in [3.63, 3.8) is 0 Å². The molecule has 1 aromatic carbocycles. The third-order valence-corrected chi connectivity index (χ3v) is 6.11. The van der Waals surface area contributed by atoms with E-state index >= 15 is 0 Å². The van der Waals surface area contributed by atoms with Gasteiger partial charge >= 0.3 is 5.97 Å². The van der Waals surface area contributed by atoms with Crippen molar-refractivity contribution >= 4 is 34.6 Å². The van der Waals surface area contributed by atoms with Crippen LogP contribution in [0.25, 0.3) is 10.9 Å². The number of carboxylic acids is 1. The summed E-state index contributed by atoms with van der Waals surface area (Å²) < 4.78 is 0. The molecule has 0 saturated heterocycles. The number of rotatable bonds is 15. The van der Waals surface area contributed by atoms with Crippen molar-refractivity contribution in [1.29, 1.82) is 0 Å². The van der Waals surface area contributed by atoms with Crippen LogP contribution in [-0.4, -0.2) is 64.5 Å². The molecule has 11 heteroatoms. The molecule has 4 atom stereocenters. The predicted octanol–water partition coefficient (Wildman–Crippen LogP) is 0.772. The zero-order valence-electron chi connectivity index (χ0n) is 21.8. The van der Waals surface area contributed by atoms with Crippen molar-refractivity contribution in [2.45, 2.75) is 77.0 Å². The summed E-state index contributed by atoms with van der Waals surface area (Å²) in [7, 11) is 0. The lowest BCUT2D eigenvalue weighted by Crippen LogP contribution is -2.57. The summed E-state index contributed by atoms with van der Waals surface area (Å²) >= 11 is 0. The number of carbonyl (C=O) groups is 4. The van der Waals surface area contributed by atoms with Crippen LogP contribution >= 0.6 is 0 Å². The summed E-state index contributed by atoms with van der Waals surface area (Å²) in [6.45, 7) is 5.62. The molecule has 204 valence electrons. The number of carbonyl (C=O) groups excluding carboxylic acids is 3. The molecule has 0 aliphatic rings. The molecule has 2 aromatic rings. The Bertz CT molecular complexity index is 1070. The third kappa shape index (κ3) is 9.18. The Hall–Kier alpha value is -3.44. The molecule has 2 rings (SSSR count). The quantitative estimate of drug-likeness (QED) is 0.170. The largest absolute Gasteiger partial charge is 0.480 e. The maximum Gasteiger partial charge on any atom is 0.325 e. The van der Waals surface area contributed by atoms with Gasteiger partial charge in [-0.25, -0.2) is 0 Å². The van der Waals surface area contributed by atoms with Crippen LogP contribution in [0.2, 0.25) is 0 Å². The Morgan fingerprint density at radius 1 is 0.946 bits per heavy atom. The molecule has 37 heavy (non-hydrogen) atoms. The van der Waals surface area contributed by atoms with Gasteiger partial charge in [-0.2, -0.15) is 0 Å². The number of aromatic nitrogens is 1. The van der Waals surface area contributed by atoms with Crippen LogP contribution in [0.15, 0.2) is 30.5 Å². The minimum absolute atomic E-state index is 0.0359. The van der Waals surface area contributed by atoms with E-state index in [0.717, 1.165) is 22.9 Å². The van der Waals surface area contributed by atoms with Crippen molar-refractivity contribution < 1.29 is 24.3 Å². The number of aromatic amines is 1. The molecule has 0 spiro atoms. The highest BCUT2D eigenvalue weighted by atomic mass is 16.4. The van der Waals surface area contributed by atoms with Crippen LogP contribution in [0.3, 0.4) is 0 Å². The van der Waals surface area contributed by atoms with E-state index in [0.29, 0.717) is 19.4 Å². The van der Waals surface area contributed by atoms with Gasteiger partial charge in [0.05, 0.1) is 6.04 Å². The van der Waals surface area contributed by atoms with E-state index in [-0.39, 0.29) is 18.8 Å². The second kappa shape index (κ2) is 14.3. The minimum Gasteiger partial charge on any atom is -0.480 e. The van der Waals surface area contributed by atoms with Crippen molar-refractivity contribution in [1.82, 2.24) is 20.9 Å². The van der Waals surface area contributed by atoms with Crippen LogP contribution in [-0.2, 0) is 25.6 Å².